The maximum atomic E-state index is 12.1. The van der Waals surface area contributed by atoms with Crippen molar-refractivity contribution in [2.45, 2.75) is 31.7 Å². The quantitative estimate of drug-likeness (QED) is 0.811. The molecule has 4 atom stereocenters. The topological polar surface area (TPSA) is 76.0 Å². The van der Waals surface area contributed by atoms with Crippen molar-refractivity contribution in [2.75, 3.05) is 13.7 Å². The van der Waals surface area contributed by atoms with Crippen molar-refractivity contribution in [3.05, 3.63) is 35.9 Å². The summed E-state index contributed by atoms with van der Waals surface area (Å²) >= 11 is 0. The third-order valence-electron chi connectivity index (χ3n) is 4.03. The Morgan fingerprint density at radius 3 is 2.86 bits per heavy atom. The van der Waals surface area contributed by atoms with E-state index in [1.165, 1.54) is 6.08 Å². The number of methoxy groups -OCH3 is 1. The molecule has 1 fully saturated rings. The Labute approximate surface area is 130 Å². The molecule has 5 heteroatoms. The summed E-state index contributed by atoms with van der Waals surface area (Å²) in [5, 5.41) is 19.4. The van der Waals surface area contributed by atoms with E-state index in [4.69, 9.17) is 9.47 Å². The molecule has 1 aliphatic rings. The molecule has 1 heterocycles. The van der Waals surface area contributed by atoms with Crippen LogP contribution in [0.4, 0.5) is 0 Å². The van der Waals surface area contributed by atoms with Gasteiger partial charge in [-0.2, -0.15) is 0 Å². The Hall–Kier alpha value is -1.69. The van der Waals surface area contributed by atoms with Gasteiger partial charge in [0.05, 0.1) is 24.9 Å². The molecular weight excluding hydrogens is 284 g/mol. The summed E-state index contributed by atoms with van der Waals surface area (Å²) in [6.07, 6.45) is 1.94. The number of benzene rings is 1. The molecule has 5 nitrogen and oxygen atoms in total. The summed E-state index contributed by atoms with van der Waals surface area (Å²) in [5.74, 6) is -0.0652. The Morgan fingerprint density at radius 1 is 1.45 bits per heavy atom. The van der Waals surface area contributed by atoms with Crippen LogP contribution in [-0.4, -0.2) is 48.0 Å². The highest BCUT2D eigenvalue weighted by atomic mass is 16.5. The van der Waals surface area contributed by atoms with Gasteiger partial charge in [-0.3, -0.25) is 4.79 Å². The third kappa shape index (κ3) is 3.94. The summed E-state index contributed by atoms with van der Waals surface area (Å²) in [6, 6.07) is 6.81. The first-order valence-electron chi connectivity index (χ1n) is 7.34. The van der Waals surface area contributed by atoms with Crippen molar-refractivity contribution < 1.29 is 24.5 Å². The van der Waals surface area contributed by atoms with Gasteiger partial charge < -0.3 is 19.7 Å². The number of ketones is 1. The molecule has 0 aliphatic carbocycles. The van der Waals surface area contributed by atoms with E-state index in [0.29, 0.717) is 5.56 Å². The van der Waals surface area contributed by atoms with Gasteiger partial charge in [0, 0.05) is 25.0 Å². The van der Waals surface area contributed by atoms with E-state index >= 15 is 0 Å². The van der Waals surface area contributed by atoms with Crippen molar-refractivity contribution >= 4 is 11.9 Å². The number of ether oxygens (including phenoxy) is 2. The highest BCUT2D eigenvalue weighted by molar-refractivity contribution is 5.94. The second-order valence-electron chi connectivity index (χ2n) is 5.56. The normalized spacial score (nSPS) is 28.9. The monoisotopic (exact) mass is 306 g/mol. The van der Waals surface area contributed by atoms with Crippen LogP contribution in [0, 0.1) is 5.92 Å². The number of hydrogen-bond donors (Lipinski definition) is 2. The number of hydrogen-bond acceptors (Lipinski definition) is 5. The van der Waals surface area contributed by atoms with Crippen LogP contribution in [0.15, 0.2) is 30.3 Å². The molecule has 1 aromatic carbocycles. The van der Waals surface area contributed by atoms with E-state index in [1.54, 1.807) is 37.5 Å². The highest BCUT2D eigenvalue weighted by Crippen LogP contribution is 2.26. The average Bonchev–Trinajstić information content (AvgIpc) is 2.50. The third-order valence-corrected chi connectivity index (χ3v) is 4.03. The summed E-state index contributed by atoms with van der Waals surface area (Å²) in [7, 11) is 1.55. The van der Waals surface area contributed by atoms with Crippen molar-refractivity contribution in [1.82, 2.24) is 0 Å². The zero-order valence-electron chi connectivity index (χ0n) is 12.8. The molecule has 0 saturated carbocycles. The molecule has 0 radical (unpaired) electrons. The SMILES string of the molecule is CO[C@H]1C(CC(=O)/C=C/c2ccccc2O)OC[C@@H](O)[C@@H]1C. The smallest absolute Gasteiger partial charge is 0.158 e. The maximum absolute atomic E-state index is 12.1. The van der Waals surface area contributed by atoms with Crippen molar-refractivity contribution in [3.63, 3.8) is 0 Å². The zero-order valence-corrected chi connectivity index (χ0v) is 12.8. The van der Waals surface area contributed by atoms with E-state index in [0.717, 1.165) is 0 Å². The van der Waals surface area contributed by atoms with Gasteiger partial charge in [0.1, 0.15) is 5.75 Å². The van der Waals surface area contributed by atoms with Crippen LogP contribution in [0.5, 0.6) is 5.75 Å². The van der Waals surface area contributed by atoms with E-state index in [1.807, 2.05) is 6.92 Å². The lowest BCUT2D eigenvalue weighted by atomic mass is 9.89. The van der Waals surface area contributed by atoms with Gasteiger partial charge in [-0.15, -0.1) is 0 Å². The van der Waals surface area contributed by atoms with E-state index in [9.17, 15) is 15.0 Å². The number of aliphatic hydroxyl groups is 1. The lowest BCUT2D eigenvalue weighted by molar-refractivity contribution is -0.169. The minimum atomic E-state index is -0.576. The van der Waals surface area contributed by atoms with Crippen LogP contribution < -0.4 is 0 Å². The fourth-order valence-electron chi connectivity index (χ4n) is 2.65. The minimum Gasteiger partial charge on any atom is -0.507 e. The first kappa shape index (κ1) is 16.7. The van der Waals surface area contributed by atoms with Crippen LogP contribution in [0.3, 0.4) is 0 Å². The number of carbonyl (C=O) groups is 1. The number of para-hydroxylation sites is 1. The lowest BCUT2D eigenvalue weighted by Crippen LogP contribution is -2.49. The van der Waals surface area contributed by atoms with Crippen LogP contribution in [0.1, 0.15) is 18.9 Å². The van der Waals surface area contributed by atoms with Crippen molar-refractivity contribution in [2.24, 2.45) is 5.92 Å². The van der Waals surface area contributed by atoms with Crippen molar-refractivity contribution in [3.8, 4) is 5.75 Å². The zero-order chi connectivity index (χ0) is 16.1. The predicted octanol–water partition coefficient (Wildman–Crippen LogP) is 1.78. The second kappa shape index (κ2) is 7.54. The van der Waals surface area contributed by atoms with Crippen LogP contribution in [0.2, 0.25) is 0 Å². The molecule has 22 heavy (non-hydrogen) atoms. The molecule has 1 saturated heterocycles. The van der Waals surface area contributed by atoms with Gasteiger partial charge in [0.25, 0.3) is 0 Å². The largest absolute Gasteiger partial charge is 0.507 e. The molecule has 0 amide bonds. The number of allylic oxidation sites excluding steroid dienone is 1. The van der Waals surface area contributed by atoms with Gasteiger partial charge >= 0.3 is 0 Å². The lowest BCUT2D eigenvalue weighted by Gasteiger charge is -2.38. The number of phenols is 1. The fourth-order valence-corrected chi connectivity index (χ4v) is 2.65. The average molecular weight is 306 g/mol. The van der Waals surface area contributed by atoms with Gasteiger partial charge in [-0.05, 0) is 18.2 Å². The number of rotatable bonds is 5. The number of carbonyl (C=O) groups excluding carboxylic acids is 1. The molecular formula is C17H22O5. The molecule has 120 valence electrons. The van der Waals surface area contributed by atoms with Crippen LogP contribution in [-0.2, 0) is 14.3 Å². The van der Waals surface area contributed by atoms with E-state index < -0.39 is 6.10 Å². The Morgan fingerprint density at radius 2 is 2.18 bits per heavy atom. The summed E-state index contributed by atoms with van der Waals surface area (Å²) in [4.78, 5) is 12.1. The van der Waals surface area contributed by atoms with E-state index in [2.05, 4.69) is 0 Å². The van der Waals surface area contributed by atoms with Gasteiger partial charge in [-0.1, -0.05) is 25.1 Å². The number of aliphatic hydroxyl groups excluding tert-OH is 1. The molecule has 0 bridgehead atoms. The minimum absolute atomic E-state index is 0.0845. The van der Waals surface area contributed by atoms with Crippen molar-refractivity contribution in [1.29, 1.82) is 0 Å². The summed E-state index contributed by atoms with van der Waals surface area (Å²) in [6.45, 7) is 2.10. The van der Waals surface area contributed by atoms with Crippen LogP contribution in [0.25, 0.3) is 6.08 Å². The van der Waals surface area contributed by atoms with Gasteiger partial charge in [-0.25, -0.2) is 0 Å². The number of phenolic OH excluding ortho intramolecular Hbond substituents is 1. The number of aromatic hydroxyl groups is 1. The Bertz CT molecular complexity index is 540. The summed E-state index contributed by atoms with van der Waals surface area (Å²) in [5.41, 5.74) is 0.590. The fraction of sp³-hybridized carbons (Fsp3) is 0.471. The highest BCUT2D eigenvalue weighted by Gasteiger charge is 2.37. The van der Waals surface area contributed by atoms with Crippen LogP contribution >= 0.6 is 0 Å². The van der Waals surface area contributed by atoms with E-state index in [-0.39, 0.29) is 42.7 Å². The molecule has 2 rings (SSSR count). The van der Waals surface area contributed by atoms with Gasteiger partial charge in [0.15, 0.2) is 5.78 Å². The molecule has 1 unspecified atom stereocenters. The maximum Gasteiger partial charge on any atom is 0.158 e. The Balaban J connectivity index is 1.98. The summed E-state index contributed by atoms with van der Waals surface area (Å²) < 4.78 is 10.9. The molecule has 1 aromatic rings. The molecule has 1 aliphatic heterocycles. The molecule has 2 N–H and O–H groups in total. The second-order valence-corrected chi connectivity index (χ2v) is 5.56. The molecule has 0 aromatic heterocycles. The van der Waals surface area contributed by atoms with Gasteiger partial charge in [0.2, 0.25) is 0 Å². The standard InChI is InChI=1S/C17H22O5/c1-11-15(20)10-22-16(17(11)21-2)9-13(18)8-7-12-5-3-4-6-14(12)19/h3-8,11,15-17,19-20H,9-10H2,1-2H3/b8-7+/t11-,15+,16?,17+/m0/s1. The predicted molar refractivity (Wildman–Crippen MR) is 82.5 cm³/mol. The first-order valence-corrected chi connectivity index (χ1v) is 7.34. The first-order chi connectivity index (χ1) is 10.5. The Kier molecular flexibility index (Phi) is 5.71. The molecule has 0 spiro atoms.